The Bertz CT molecular complexity index is 847. The molecule has 0 amide bonds. The monoisotopic (exact) mass is 263 g/mol. The summed E-state index contributed by atoms with van der Waals surface area (Å²) in [5.74, 6) is 1.25. The Morgan fingerprint density at radius 2 is 1.65 bits per heavy atom. The van der Waals surface area contributed by atoms with Gasteiger partial charge in [0.15, 0.2) is 0 Å². The molecule has 0 N–H and O–H groups in total. The third-order valence-electron chi connectivity index (χ3n) is 3.50. The van der Waals surface area contributed by atoms with Crippen molar-refractivity contribution in [3.8, 4) is 17.6 Å². The van der Waals surface area contributed by atoms with Gasteiger partial charge in [0.2, 0.25) is 0 Å². The van der Waals surface area contributed by atoms with Gasteiger partial charge in [0.25, 0.3) is 0 Å². The topological polar surface area (TPSA) is 42.2 Å². The molecule has 0 unspecified atom stereocenters. The van der Waals surface area contributed by atoms with Crippen LogP contribution in [0.5, 0.6) is 11.5 Å². The Morgan fingerprint density at radius 1 is 0.900 bits per heavy atom. The van der Waals surface area contributed by atoms with Gasteiger partial charge in [-0.15, -0.1) is 0 Å². The maximum Gasteiger partial charge on any atom is 0.140 e. The van der Waals surface area contributed by atoms with Crippen LogP contribution in [0.2, 0.25) is 0 Å². The molecule has 0 fully saturated rings. The van der Waals surface area contributed by atoms with Crippen LogP contribution in [0.3, 0.4) is 0 Å². The first-order valence-electron chi connectivity index (χ1n) is 6.26. The zero-order chi connectivity index (χ0) is 14.1. The summed E-state index contributed by atoms with van der Waals surface area (Å²) in [6, 6.07) is 16.0. The van der Waals surface area contributed by atoms with Gasteiger partial charge in [0, 0.05) is 16.8 Å². The number of fused-ring (bicyclic) bond motifs is 3. The van der Waals surface area contributed by atoms with Crippen LogP contribution in [0, 0.1) is 11.3 Å². The first kappa shape index (κ1) is 12.3. The predicted octanol–water partition coefficient (Wildman–Crippen LogP) is 3.88. The summed E-state index contributed by atoms with van der Waals surface area (Å²) < 4.78 is 10.8. The molecule has 0 spiro atoms. The highest BCUT2D eigenvalue weighted by atomic mass is 16.5. The molecular formula is C17H13NO2. The molecule has 98 valence electrons. The zero-order valence-electron chi connectivity index (χ0n) is 11.3. The molecule has 0 bridgehead atoms. The summed E-state index contributed by atoms with van der Waals surface area (Å²) in [7, 11) is 3.18. The van der Waals surface area contributed by atoms with E-state index < -0.39 is 0 Å². The summed E-state index contributed by atoms with van der Waals surface area (Å²) >= 11 is 0. The quantitative estimate of drug-likeness (QED) is 0.659. The first-order valence-corrected chi connectivity index (χ1v) is 6.26. The van der Waals surface area contributed by atoms with Crippen molar-refractivity contribution in [3.63, 3.8) is 0 Å². The van der Waals surface area contributed by atoms with Crippen LogP contribution in [0.15, 0.2) is 42.5 Å². The number of rotatable bonds is 2. The van der Waals surface area contributed by atoms with Crippen LogP contribution in [0.25, 0.3) is 21.5 Å². The van der Waals surface area contributed by atoms with Gasteiger partial charge in [-0.1, -0.05) is 30.3 Å². The van der Waals surface area contributed by atoms with Crippen LogP contribution in [-0.4, -0.2) is 14.2 Å². The number of methoxy groups -OCH3 is 2. The summed E-state index contributed by atoms with van der Waals surface area (Å²) in [4.78, 5) is 0. The average Bonchev–Trinajstić information content (AvgIpc) is 2.52. The van der Waals surface area contributed by atoms with Crippen molar-refractivity contribution < 1.29 is 9.47 Å². The van der Waals surface area contributed by atoms with Crippen LogP contribution >= 0.6 is 0 Å². The largest absolute Gasteiger partial charge is 0.496 e. The second kappa shape index (κ2) is 4.75. The SMILES string of the molecule is COc1cc(OC)c2ccc3ccccc3c2c1C#N. The van der Waals surface area contributed by atoms with E-state index in [1.807, 2.05) is 36.4 Å². The van der Waals surface area contributed by atoms with Crippen molar-refractivity contribution >= 4 is 21.5 Å². The Kier molecular flexibility index (Phi) is 2.92. The third kappa shape index (κ3) is 1.66. The van der Waals surface area contributed by atoms with Crippen LogP contribution in [0.4, 0.5) is 0 Å². The van der Waals surface area contributed by atoms with Crippen molar-refractivity contribution in [3.05, 3.63) is 48.0 Å². The second-order valence-electron chi connectivity index (χ2n) is 4.48. The van der Waals surface area contributed by atoms with E-state index in [9.17, 15) is 5.26 Å². The van der Waals surface area contributed by atoms with Gasteiger partial charge in [-0.2, -0.15) is 5.26 Å². The van der Waals surface area contributed by atoms with E-state index in [1.54, 1.807) is 20.3 Å². The number of nitriles is 1. The number of nitrogens with zero attached hydrogens (tertiary/aromatic N) is 1. The smallest absolute Gasteiger partial charge is 0.140 e. The lowest BCUT2D eigenvalue weighted by atomic mass is 9.97. The molecule has 0 saturated heterocycles. The van der Waals surface area contributed by atoms with E-state index in [0.717, 1.165) is 21.5 Å². The minimum absolute atomic E-state index is 0.535. The Morgan fingerprint density at radius 3 is 2.35 bits per heavy atom. The summed E-state index contributed by atoms with van der Waals surface area (Å²) in [5.41, 5.74) is 0.542. The molecule has 0 aliphatic carbocycles. The fourth-order valence-electron chi connectivity index (χ4n) is 2.58. The minimum Gasteiger partial charge on any atom is -0.496 e. The lowest BCUT2D eigenvalue weighted by molar-refractivity contribution is 0.397. The lowest BCUT2D eigenvalue weighted by Gasteiger charge is -2.13. The van der Waals surface area contributed by atoms with Gasteiger partial charge in [-0.05, 0) is 16.8 Å². The normalized spacial score (nSPS) is 10.4. The van der Waals surface area contributed by atoms with E-state index in [-0.39, 0.29) is 0 Å². The Balaban J connectivity index is 2.61. The molecule has 0 aliphatic heterocycles. The standard InChI is InChI=1S/C17H13NO2/c1-19-15-9-16(20-2)14(10-18)17-12-6-4-3-5-11(12)7-8-13(15)17/h3-9H,1-2H3. The van der Waals surface area contributed by atoms with Crippen LogP contribution in [0.1, 0.15) is 5.56 Å². The molecule has 0 heterocycles. The van der Waals surface area contributed by atoms with Gasteiger partial charge in [0.05, 0.1) is 14.2 Å². The van der Waals surface area contributed by atoms with Crippen molar-refractivity contribution in [2.24, 2.45) is 0 Å². The fourth-order valence-corrected chi connectivity index (χ4v) is 2.58. The number of ether oxygens (including phenoxy) is 2. The predicted molar refractivity (Wildman–Crippen MR) is 79.3 cm³/mol. The van der Waals surface area contributed by atoms with E-state index in [1.165, 1.54) is 0 Å². The number of benzene rings is 3. The molecule has 0 aliphatic rings. The summed E-state index contributed by atoms with van der Waals surface area (Å²) in [6.07, 6.45) is 0. The number of hydrogen-bond donors (Lipinski definition) is 0. The maximum absolute atomic E-state index is 9.50. The van der Waals surface area contributed by atoms with Gasteiger partial charge >= 0.3 is 0 Å². The average molecular weight is 263 g/mol. The highest BCUT2D eigenvalue weighted by Crippen LogP contribution is 2.39. The molecule has 3 aromatic rings. The van der Waals surface area contributed by atoms with Gasteiger partial charge in [-0.3, -0.25) is 0 Å². The highest BCUT2D eigenvalue weighted by Gasteiger charge is 2.15. The second-order valence-corrected chi connectivity index (χ2v) is 4.48. The van der Waals surface area contributed by atoms with Crippen molar-refractivity contribution in [1.82, 2.24) is 0 Å². The van der Waals surface area contributed by atoms with Crippen molar-refractivity contribution in [1.29, 1.82) is 5.26 Å². The Labute approximate surface area is 117 Å². The molecule has 3 aromatic carbocycles. The molecule has 3 heteroatoms. The molecule has 20 heavy (non-hydrogen) atoms. The molecule has 3 nitrogen and oxygen atoms in total. The Hall–Kier alpha value is -2.73. The molecule has 0 radical (unpaired) electrons. The maximum atomic E-state index is 9.50. The van der Waals surface area contributed by atoms with Gasteiger partial charge in [-0.25, -0.2) is 0 Å². The molecule has 3 rings (SSSR count). The van der Waals surface area contributed by atoms with Crippen molar-refractivity contribution in [2.45, 2.75) is 0 Å². The van der Waals surface area contributed by atoms with E-state index in [4.69, 9.17) is 9.47 Å². The summed E-state index contributed by atoms with van der Waals surface area (Å²) in [5, 5.41) is 13.4. The number of hydrogen-bond acceptors (Lipinski definition) is 3. The molecule has 0 saturated carbocycles. The van der Waals surface area contributed by atoms with E-state index in [0.29, 0.717) is 17.1 Å². The van der Waals surface area contributed by atoms with E-state index >= 15 is 0 Å². The molecule has 0 atom stereocenters. The summed E-state index contributed by atoms with van der Waals surface area (Å²) in [6.45, 7) is 0. The third-order valence-corrected chi connectivity index (χ3v) is 3.50. The zero-order valence-corrected chi connectivity index (χ0v) is 11.3. The lowest BCUT2D eigenvalue weighted by Crippen LogP contribution is -1.94. The van der Waals surface area contributed by atoms with E-state index in [2.05, 4.69) is 6.07 Å². The van der Waals surface area contributed by atoms with Gasteiger partial charge in [0.1, 0.15) is 23.1 Å². The first-order chi connectivity index (χ1) is 9.80. The fraction of sp³-hybridized carbons (Fsp3) is 0.118. The molecular weight excluding hydrogens is 250 g/mol. The highest BCUT2D eigenvalue weighted by molar-refractivity contribution is 6.12. The van der Waals surface area contributed by atoms with Crippen LogP contribution < -0.4 is 9.47 Å². The van der Waals surface area contributed by atoms with Gasteiger partial charge < -0.3 is 9.47 Å². The van der Waals surface area contributed by atoms with Crippen molar-refractivity contribution in [2.75, 3.05) is 14.2 Å². The van der Waals surface area contributed by atoms with Crippen LogP contribution in [-0.2, 0) is 0 Å². The molecule has 0 aromatic heterocycles. The minimum atomic E-state index is 0.535.